The number of nitrogens with zero attached hydrogens (tertiary/aromatic N) is 3. The van der Waals surface area contributed by atoms with E-state index in [2.05, 4.69) is 241 Å². The van der Waals surface area contributed by atoms with Crippen molar-refractivity contribution >= 4 is 96.0 Å². The maximum atomic E-state index is 6.82. The van der Waals surface area contributed by atoms with Crippen molar-refractivity contribution in [3.05, 3.63) is 193 Å². The van der Waals surface area contributed by atoms with Crippen molar-refractivity contribution < 1.29 is 23.4 Å². The van der Waals surface area contributed by atoms with Gasteiger partial charge in [0.2, 0.25) is 0 Å². The van der Waals surface area contributed by atoms with Crippen molar-refractivity contribution in [1.82, 2.24) is 0 Å². The molecule has 79 heavy (non-hydrogen) atoms. The average molecular weight is 1040 g/mol. The second kappa shape index (κ2) is 18.0. The van der Waals surface area contributed by atoms with E-state index in [4.69, 9.17) is 23.4 Å². The quantitative estimate of drug-likeness (QED) is 0.153. The lowest BCUT2D eigenvalue weighted by Gasteiger charge is -2.46. The molecule has 9 heteroatoms. The monoisotopic (exact) mass is 1040 g/mol. The van der Waals surface area contributed by atoms with E-state index in [1.54, 1.807) is 0 Å². The standard InChI is InChI=1S/C70H64BN3O5/c1-68(2,3)47-17-24-50(25-18-47)72(53-23-16-43-38-46(15-14-44(43)39-53)62-40-45-12-10-11-13-59(45)79-62)54-41-57-63-58(42-54)74(52-28-21-49(22-29-52)70(7,8)9)65-56(31-33-61-67(65)78-37-35-76-61)71(63)55-30-32-60-66(77-36-34-75-60)64(55)73(57)51-26-19-48(20-27-51)69(4,5)6/h10-33,38-42H,34-37H2,1-9H3. The normalized spacial score (nSPS) is 14.5. The highest BCUT2D eigenvalue weighted by Crippen LogP contribution is 2.55. The van der Waals surface area contributed by atoms with Crippen molar-refractivity contribution in [3.63, 3.8) is 0 Å². The van der Waals surface area contributed by atoms with Gasteiger partial charge in [0.15, 0.2) is 23.0 Å². The topological polar surface area (TPSA) is 59.8 Å². The molecule has 0 radical (unpaired) electrons. The van der Waals surface area contributed by atoms with E-state index in [9.17, 15) is 0 Å². The zero-order valence-electron chi connectivity index (χ0n) is 46.5. The summed E-state index contributed by atoms with van der Waals surface area (Å²) in [6, 6.07) is 64.7. The molecule has 0 amide bonds. The Morgan fingerprint density at radius 1 is 0.418 bits per heavy atom. The first-order valence-electron chi connectivity index (χ1n) is 27.8. The van der Waals surface area contributed by atoms with E-state index in [0.29, 0.717) is 26.4 Å². The Morgan fingerprint density at radius 2 is 0.899 bits per heavy atom. The van der Waals surface area contributed by atoms with E-state index >= 15 is 0 Å². The van der Waals surface area contributed by atoms with Crippen LogP contribution < -0.4 is 50.0 Å². The first kappa shape index (κ1) is 48.8. The van der Waals surface area contributed by atoms with Crippen LogP contribution in [0.3, 0.4) is 0 Å². The summed E-state index contributed by atoms with van der Waals surface area (Å²) in [6.45, 7) is 22.1. The van der Waals surface area contributed by atoms with Gasteiger partial charge in [-0.1, -0.05) is 147 Å². The molecule has 10 aromatic rings. The average Bonchev–Trinajstić information content (AvgIpc) is 3.27. The summed E-state index contributed by atoms with van der Waals surface area (Å²) in [5.41, 5.74) is 18.1. The molecule has 0 atom stereocenters. The summed E-state index contributed by atoms with van der Waals surface area (Å²) >= 11 is 0. The number of hydrogen-bond donors (Lipinski definition) is 0. The van der Waals surface area contributed by atoms with Gasteiger partial charge in [-0.05, 0) is 151 Å². The van der Waals surface area contributed by atoms with E-state index in [1.165, 1.54) is 22.2 Å². The van der Waals surface area contributed by atoms with Gasteiger partial charge in [0, 0.05) is 45.1 Å². The number of fused-ring (bicyclic) bond motifs is 10. The summed E-state index contributed by atoms with van der Waals surface area (Å²) in [5.74, 6) is 3.81. The third kappa shape index (κ3) is 8.19. The van der Waals surface area contributed by atoms with Crippen molar-refractivity contribution in [1.29, 1.82) is 0 Å². The zero-order chi connectivity index (χ0) is 54.1. The maximum Gasteiger partial charge on any atom is 0.252 e. The van der Waals surface area contributed by atoms with Gasteiger partial charge in [-0.2, -0.15) is 0 Å². The summed E-state index contributed by atoms with van der Waals surface area (Å²) in [5, 5.41) is 3.32. The highest BCUT2D eigenvalue weighted by molar-refractivity contribution is 7.00. The predicted molar refractivity (Wildman–Crippen MR) is 326 cm³/mol. The number of furan rings is 1. The fraction of sp³-hybridized carbons (Fsp3) is 0.229. The summed E-state index contributed by atoms with van der Waals surface area (Å²) in [7, 11) is 0. The van der Waals surface area contributed by atoms with Gasteiger partial charge in [-0.3, -0.25) is 0 Å². The Bertz CT molecular complexity index is 3870. The van der Waals surface area contributed by atoms with Crippen molar-refractivity contribution in [2.24, 2.45) is 0 Å². The minimum atomic E-state index is -0.230. The van der Waals surface area contributed by atoms with Gasteiger partial charge in [0.05, 0.1) is 17.1 Å². The molecule has 9 aromatic carbocycles. The fourth-order valence-electron chi connectivity index (χ4n) is 12.2. The molecular formula is C70H64BN3O5. The molecule has 5 heterocycles. The first-order valence-corrected chi connectivity index (χ1v) is 27.8. The number of benzene rings is 9. The van der Waals surface area contributed by atoms with Crippen LogP contribution in [0.1, 0.15) is 79.0 Å². The van der Waals surface area contributed by atoms with Gasteiger partial charge >= 0.3 is 0 Å². The largest absolute Gasteiger partial charge is 0.486 e. The van der Waals surface area contributed by atoms with Crippen LogP contribution in [-0.4, -0.2) is 33.1 Å². The second-order valence-corrected chi connectivity index (χ2v) is 24.7. The molecule has 0 N–H and O–H groups in total. The minimum Gasteiger partial charge on any atom is -0.486 e. The number of rotatable bonds is 6. The SMILES string of the molecule is CC(C)(C)c1ccc(N(c2cc3c4c(c2)N(c2ccc(C(C)(C)C)cc2)c2c(ccc5c2OCCO5)B4c2ccc4c(c2N3c2ccc(C(C)(C)C)cc2)OCCO4)c2ccc3cc(-c4cc5ccccc5o4)ccc3c2)cc1. The van der Waals surface area contributed by atoms with Gasteiger partial charge in [-0.25, -0.2) is 0 Å². The van der Waals surface area contributed by atoms with Crippen LogP contribution in [-0.2, 0) is 16.2 Å². The molecule has 0 aliphatic carbocycles. The van der Waals surface area contributed by atoms with E-state index in [0.717, 1.165) is 118 Å². The van der Waals surface area contributed by atoms with Crippen LogP contribution in [0.4, 0.5) is 51.2 Å². The number of para-hydroxylation sites is 1. The van der Waals surface area contributed by atoms with Crippen LogP contribution in [0.25, 0.3) is 33.1 Å². The van der Waals surface area contributed by atoms with Crippen molar-refractivity contribution in [3.8, 4) is 34.3 Å². The Labute approximate surface area is 463 Å². The Kier molecular flexibility index (Phi) is 11.1. The number of hydrogen-bond acceptors (Lipinski definition) is 8. The third-order valence-electron chi connectivity index (χ3n) is 16.4. The summed E-state index contributed by atoms with van der Waals surface area (Å²) in [4.78, 5) is 7.32. The predicted octanol–water partition coefficient (Wildman–Crippen LogP) is 16.2. The molecule has 0 fully saturated rings. The molecule has 8 nitrogen and oxygen atoms in total. The second-order valence-electron chi connectivity index (χ2n) is 24.7. The molecule has 1 aromatic heterocycles. The molecular weight excluding hydrogens is 974 g/mol. The Balaban J connectivity index is 1.06. The molecule has 0 spiro atoms. The van der Waals surface area contributed by atoms with Crippen LogP contribution >= 0.6 is 0 Å². The van der Waals surface area contributed by atoms with Gasteiger partial charge in [0.1, 0.15) is 37.8 Å². The molecule has 4 aliphatic heterocycles. The lowest BCUT2D eigenvalue weighted by Crippen LogP contribution is -2.61. The summed E-state index contributed by atoms with van der Waals surface area (Å²) in [6.07, 6.45) is 0. The number of anilines is 9. The molecule has 0 bridgehead atoms. The smallest absolute Gasteiger partial charge is 0.252 e. The van der Waals surface area contributed by atoms with E-state index in [-0.39, 0.29) is 23.0 Å². The van der Waals surface area contributed by atoms with E-state index in [1.807, 2.05) is 12.1 Å². The lowest BCUT2D eigenvalue weighted by atomic mass is 9.33. The zero-order valence-corrected chi connectivity index (χ0v) is 46.5. The molecule has 0 saturated heterocycles. The first-order chi connectivity index (χ1) is 38.0. The van der Waals surface area contributed by atoms with Crippen LogP contribution in [0.5, 0.6) is 23.0 Å². The Morgan fingerprint density at radius 3 is 1.43 bits per heavy atom. The highest BCUT2D eigenvalue weighted by Gasteiger charge is 2.48. The van der Waals surface area contributed by atoms with Crippen molar-refractivity contribution in [2.45, 2.75) is 78.6 Å². The molecule has 0 saturated carbocycles. The van der Waals surface area contributed by atoms with Gasteiger partial charge in [0.25, 0.3) is 6.71 Å². The number of ether oxygens (including phenoxy) is 4. The third-order valence-corrected chi connectivity index (χ3v) is 16.4. The molecule has 392 valence electrons. The van der Waals surface area contributed by atoms with E-state index < -0.39 is 0 Å². The van der Waals surface area contributed by atoms with Crippen LogP contribution in [0, 0.1) is 0 Å². The molecule has 0 unspecified atom stereocenters. The summed E-state index contributed by atoms with van der Waals surface area (Å²) < 4.78 is 33.0. The van der Waals surface area contributed by atoms with Crippen LogP contribution in [0.2, 0.25) is 0 Å². The minimum absolute atomic E-state index is 0.0441. The van der Waals surface area contributed by atoms with Gasteiger partial charge in [-0.15, -0.1) is 0 Å². The highest BCUT2D eigenvalue weighted by atomic mass is 16.6. The van der Waals surface area contributed by atoms with Crippen molar-refractivity contribution in [2.75, 3.05) is 41.1 Å². The molecule has 4 aliphatic rings. The molecule has 14 rings (SSSR count). The van der Waals surface area contributed by atoms with Crippen LogP contribution in [0.15, 0.2) is 180 Å². The maximum absolute atomic E-state index is 6.82. The fourth-order valence-corrected chi connectivity index (χ4v) is 12.2. The lowest BCUT2D eigenvalue weighted by molar-refractivity contribution is 0.172. The Hall–Kier alpha value is -8.56. The van der Waals surface area contributed by atoms with Gasteiger partial charge < -0.3 is 38.1 Å².